The molecule has 0 spiro atoms. The van der Waals surface area contributed by atoms with Crippen molar-refractivity contribution in [2.24, 2.45) is 0 Å². The maximum atomic E-state index is 12.8. The maximum Gasteiger partial charge on any atom is 0.202 e. The second kappa shape index (κ2) is 6.52. The average Bonchev–Trinajstić information content (AvgIpc) is 2.67. The van der Waals surface area contributed by atoms with Gasteiger partial charge in [0.1, 0.15) is 5.75 Å². The standard InChI is InChI=1S/C20H8Br4N2O2/c21-9-5-11(23)19(27)15-7(9)1-3-13-17(15)26-14-4-2-8-10(22)6-12(24)20(28)16(8)18(14)25-13/h1-6,25,27H. The van der Waals surface area contributed by atoms with Crippen molar-refractivity contribution in [3.63, 3.8) is 0 Å². The fraction of sp³-hybridized carbons (Fsp3) is 0. The molecule has 0 unspecified atom stereocenters. The van der Waals surface area contributed by atoms with E-state index in [-0.39, 0.29) is 11.2 Å². The molecule has 0 fully saturated rings. The van der Waals surface area contributed by atoms with Crippen molar-refractivity contribution in [3.8, 4) is 5.75 Å². The second-order valence-corrected chi connectivity index (χ2v) is 9.78. The number of nitrogens with one attached hydrogen (secondary N) is 1. The van der Waals surface area contributed by atoms with E-state index in [0.29, 0.717) is 36.3 Å². The summed E-state index contributed by atoms with van der Waals surface area (Å²) in [4.78, 5) is 21.0. The Balaban J connectivity index is 2.05. The Hall–Kier alpha value is -1.48. The molecule has 0 saturated carbocycles. The summed E-state index contributed by atoms with van der Waals surface area (Å²) in [6.07, 6.45) is 0. The lowest BCUT2D eigenvalue weighted by molar-refractivity contribution is 0.478. The van der Waals surface area contributed by atoms with Crippen LogP contribution in [0.5, 0.6) is 5.75 Å². The van der Waals surface area contributed by atoms with Crippen LogP contribution in [0, 0.1) is 0 Å². The van der Waals surface area contributed by atoms with Gasteiger partial charge in [0.2, 0.25) is 5.43 Å². The number of hydrogen-bond donors (Lipinski definition) is 2. The van der Waals surface area contributed by atoms with E-state index in [1.165, 1.54) is 0 Å². The number of phenols is 1. The summed E-state index contributed by atoms with van der Waals surface area (Å²) >= 11 is 13.8. The van der Waals surface area contributed by atoms with Crippen molar-refractivity contribution in [2.75, 3.05) is 0 Å². The van der Waals surface area contributed by atoms with Crippen LogP contribution in [0.15, 0.2) is 59.1 Å². The summed E-state index contributed by atoms with van der Waals surface area (Å²) in [5, 5.41) is 13.5. The Kier molecular flexibility index (Phi) is 4.32. The number of halogens is 4. The minimum atomic E-state index is -0.102. The molecular formula is C20H8Br4N2O2. The number of aromatic amines is 1. The molecule has 0 aliphatic heterocycles. The molecule has 0 bridgehead atoms. The van der Waals surface area contributed by atoms with E-state index in [2.05, 4.69) is 68.7 Å². The van der Waals surface area contributed by atoms with Gasteiger partial charge in [-0.05, 0) is 56.1 Å². The number of aromatic nitrogens is 2. The molecule has 28 heavy (non-hydrogen) atoms. The molecule has 4 nitrogen and oxygen atoms in total. The van der Waals surface area contributed by atoms with Crippen LogP contribution in [0.4, 0.5) is 0 Å². The van der Waals surface area contributed by atoms with Crippen molar-refractivity contribution in [2.45, 2.75) is 0 Å². The van der Waals surface area contributed by atoms with E-state index in [0.717, 1.165) is 25.2 Å². The fourth-order valence-electron chi connectivity index (χ4n) is 3.50. The van der Waals surface area contributed by atoms with Gasteiger partial charge in [-0.15, -0.1) is 0 Å². The van der Waals surface area contributed by atoms with Crippen molar-refractivity contribution < 1.29 is 5.11 Å². The minimum Gasteiger partial charge on any atom is -0.506 e. The van der Waals surface area contributed by atoms with Crippen LogP contribution < -0.4 is 5.43 Å². The summed E-state index contributed by atoms with van der Waals surface area (Å²) in [7, 11) is 0. The summed E-state index contributed by atoms with van der Waals surface area (Å²) < 4.78 is 2.74. The summed E-state index contributed by atoms with van der Waals surface area (Å²) in [6, 6.07) is 11.1. The predicted molar refractivity (Wildman–Crippen MR) is 127 cm³/mol. The van der Waals surface area contributed by atoms with Gasteiger partial charge in [-0.2, -0.15) is 0 Å². The lowest BCUT2D eigenvalue weighted by atomic mass is 10.1. The van der Waals surface area contributed by atoms with Crippen LogP contribution in [0.2, 0.25) is 0 Å². The highest BCUT2D eigenvalue weighted by Crippen LogP contribution is 2.41. The Bertz CT molecular complexity index is 1540. The highest BCUT2D eigenvalue weighted by molar-refractivity contribution is 9.11. The van der Waals surface area contributed by atoms with Crippen LogP contribution in [0.3, 0.4) is 0 Å². The molecule has 138 valence electrons. The topological polar surface area (TPSA) is 66.0 Å². The first-order valence-corrected chi connectivity index (χ1v) is 11.3. The van der Waals surface area contributed by atoms with Gasteiger partial charge < -0.3 is 10.1 Å². The summed E-state index contributed by atoms with van der Waals surface area (Å²) in [5.41, 5.74) is 2.55. The van der Waals surface area contributed by atoms with Crippen molar-refractivity contribution in [1.29, 1.82) is 0 Å². The Morgan fingerprint density at radius 3 is 2.21 bits per heavy atom. The van der Waals surface area contributed by atoms with E-state index >= 15 is 0 Å². The fourth-order valence-corrected chi connectivity index (χ4v) is 6.09. The summed E-state index contributed by atoms with van der Waals surface area (Å²) in [6.45, 7) is 0. The smallest absolute Gasteiger partial charge is 0.202 e. The maximum absolute atomic E-state index is 12.8. The first-order chi connectivity index (χ1) is 13.4. The molecule has 1 aromatic heterocycles. The molecule has 0 aliphatic rings. The quantitative estimate of drug-likeness (QED) is 0.142. The van der Waals surface area contributed by atoms with Gasteiger partial charge in [0, 0.05) is 19.7 Å². The monoisotopic (exact) mass is 624 g/mol. The third-order valence-electron chi connectivity index (χ3n) is 4.78. The molecule has 2 N–H and O–H groups in total. The van der Waals surface area contributed by atoms with E-state index in [1.807, 2.05) is 24.3 Å². The zero-order chi connectivity index (χ0) is 19.7. The molecule has 5 aromatic rings. The number of rotatable bonds is 0. The molecule has 8 heteroatoms. The lowest BCUT2D eigenvalue weighted by Gasteiger charge is -2.11. The molecule has 0 saturated heterocycles. The highest BCUT2D eigenvalue weighted by atomic mass is 79.9. The van der Waals surface area contributed by atoms with Gasteiger partial charge in [0.25, 0.3) is 0 Å². The molecule has 0 atom stereocenters. The Morgan fingerprint density at radius 1 is 0.821 bits per heavy atom. The zero-order valence-electron chi connectivity index (χ0n) is 13.8. The third-order valence-corrected chi connectivity index (χ3v) is 7.29. The number of hydrogen-bond acceptors (Lipinski definition) is 3. The van der Waals surface area contributed by atoms with Gasteiger partial charge in [-0.1, -0.05) is 44.0 Å². The van der Waals surface area contributed by atoms with Gasteiger partial charge in [0.15, 0.2) is 0 Å². The molecule has 0 amide bonds. The Morgan fingerprint density at radius 2 is 1.46 bits per heavy atom. The first kappa shape index (κ1) is 18.5. The molecule has 5 rings (SSSR count). The molecular weight excluding hydrogens is 620 g/mol. The van der Waals surface area contributed by atoms with Gasteiger partial charge in [-0.3, -0.25) is 4.79 Å². The van der Waals surface area contributed by atoms with Crippen molar-refractivity contribution in [3.05, 3.63) is 64.5 Å². The van der Waals surface area contributed by atoms with Gasteiger partial charge in [0.05, 0.1) is 41.8 Å². The van der Waals surface area contributed by atoms with E-state index in [9.17, 15) is 9.90 Å². The molecule has 1 heterocycles. The molecule has 4 aromatic carbocycles. The largest absolute Gasteiger partial charge is 0.506 e. The van der Waals surface area contributed by atoms with Gasteiger partial charge >= 0.3 is 0 Å². The van der Waals surface area contributed by atoms with E-state index in [4.69, 9.17) is 4.98 Å². The lowest BCUT2D eigenvalue weighted by Crippen LogP contribution is -2.04. The highest BCUT2D eigenvalue weighted by Gasteiger charge is 2.16. The first-order valence-electron chi connectivity index (χ1n) is 8.11. The molecule has 0 radical (unpaired) electrons. The number of nitrogens with zero attached hydrogens (tertiary/aromatic N) is 1. The normalized spacial score (nSPS) is 11.9. The van der Waals surface area contributed by atoms with E-state index < -0.39 is 0 Å². The van der Waals surface area contributed by atoms with Crippen molar-refractivity contribution >= 4 is 107 Å². The number of aromatic hydroxyl groups is 1. The second-order valence-electron chi connectivity index (χ2n) is 6.36. The van der Waals surface area contributed by atoms with Crippen LogP contribution in [-0.2, 0) is 0 Å². The molecule has 0 aliphatic carbocycles. The summed E-state index contributed by atoms with van der Waals surface area (Å²) in [5.74, 6) is 0.125. The average molecular weight is 628 g/mol. The number of fused-ring (bicyclic) bond motifs is 6. The predicted octanol–water partition coefficient (Wildman–Crippen LogP) is 7.14. The number of H-pyrrole nitrogens is 1. The number of phenolic OH excluding ortho intramolecular Hbond substituents is 1. The Labute approximate surface area is 191 Å². The third kappa shape index (κ3) is 2.58. The van der Waals surface area contributed by atoms with Crippen LogP contribution in [0.1, 0.15) is 0 Å². The van der Waals surface area contributed by atoms with Gasteiger partial charge in [-0.25, -0.2) is 4.98 Å². The minimum absolute atomic E-state index is 0.102. The SMILES string of the molecule is O=c1c(Br)cc(Br)c2ccc3nc4c(ccc5c(Br)cc(Br)c(O)c54)[nH]c3c12. The van der Waals surface area contributed by atoms with Crippen LogP contribution >= 0.6 is 63.7 Å². The van der Waals surface area contributed by atoms with E-state index in [1.54, 1.807) is 12.1 Å². The van der Waals surface area contributed by atoms with Crippen LogP contribution in [-0.4, -0.2) is 15.1 Å². The number of benzene rings is 4. The van der Waals surface area contributed by atoms with Crippen molar-refractivity contribution in [1.82, 2.24) is 9.97 Å². The zero-order valence-corrected chi connectivity index (χ0v) is 20.1. The van der Waals surface area contributed by atoms with Crippen LogP contribution in [0.25, 0.3) is 43.6 Å².